The third-order valence-corrected chi connectivity index (χ3v) is 3.45. The first-order valence-electron chi connectivity index (χ1n) is 7.10. The number of rotatable bonds is 6. The highest BCUT2D eigenvalue weighted by molar-refractivity contribution is 5.80. The molecule has 2 aromatic rings. The van der Waals surface area contributed by atoms with Crippen LogP contribution in [0.3, 0.4) is 0 Å². The van der Waals surface area contributed by atoms with Crippen LogP contribution >= 0.6 is 0 Å². The lowest BCUT2D eigenvalue weighted by atomic mass is 10.1. The largest absolute Gasteiger partial charge is 0.372 e. The van der Waals surface area contributed by atoms with E-state index >= 15 is 0 Å². The van der Waals surface area contributed by atoms with Gasteiger partial charge in [0, 0.05) is 20.2 Å². The molecule has 2 rings (SSSR count). The van der Waals surface area contributed by atoms with Crippen LogP contribution in [-0.4, -0.2) is 24.0 Å². The van der Waals surface area contributed by atoms with E-state index in [0.717, 1.165) is 11.1 Å². The minimum Gasteiger partial charge on any atom is -0.372 e. The third-order valence-electron chi connectivity index (χ3n) is 3.45. The smallest absolute Gasteiger partial charge is 0.251 e. The summed E-state index contributed by atoms with van der Waals surface area (Å²) in [6.07, 6.45) is -0.433. The van der Waals surface area contributed by atoms with Gasteiger partial charge in [0.05, 0.1) is 0 Å². The molecule has 3 nitrogen and oxygen atoms in total. The zero-order valence-corrected chi connectivity index (χ0v) is 12.5. The summed E-state index contributed by atoms with van der Waals surface area (Å²) in [7, 11) is 1.56. The normalized spacial score (nSPS) is 11.9. The summed E-state index contributed by atoms with van der Waals surface area (Å²) in [5.41, 5.74) is 2.23. The van der Waals surface area contributed by atoms with E-state index in [2.05, 4.69) is 0 Å². The molecule has 0 heterocycles. The minimum atomic E-state index is -0.433. The summed E-state index contributed by atoms with van der Waals surface area (Å²) in [6.45, 7) is 2.95. The molecule has 0 saturated carbocycles. The fraction of sp³-hybridized carbons (Fsp3) is 0.278. The number of methoxy groups -OCH3 is 1. The zero-order chi connectivity index (χ0) is 15.1. The maximum Gasteiger partial charge on any atom is 0.251 e. The van der Waals surface area contributed by atoms with Crippen molar-refractivity contribution in [2.24, 2.45) is 0 Å². The molecule has 2 aromatic carbocycles. The van der Waals surface area contributed by atoms with Gasteiger partial charge in [0.25, 0.3) is 5.91 Å². The lowest BCUT2D eigenvalue weighted by molar-refractivity contribution is -0.142. The Morgan fingerprint density at radius 3 is 1.76 bits per heavy atom. The lowest BCUT2D eigenvalue weighted by Crippen LogP contribution is -2.37. The lowest BCUT2D eigenvalue weighted by Gasteiger charge is -2.25. The predicted molar refractivity (Wildman–Crippen MR) is 83.6 cm³/mol. The number of ether oxygens (including phenoxy) is 1. The monoisotopic (exact) mass is 283 g/mol. The van der Waals surface area contributed by atoms with Crippen LogP contribution in [-0.2, 0) is 22.6 Å². The van der Waals surface area contributed by atoms with Crippen molar-refractivity contribution in [3.8, 4) is 0 Å². The number of hydrogen-bond donors (Lipinski definition) is 0. The minimum absolute atomic E-state index is 0.00482. The van der Waals surface area contributed by atoms with E-state index in [9.17, 15) is 4.79 Å². The second kappa shape index (κ2) is 7.60. The van der Waals surface area contributed by atoms with Gasteiger partial charge in [0.1, 0.15) is 6.10 Å². The van der Waals surface area contributed by atoms with Gasteiger partial charge in [-0.25, -0.2) is 0 Å². The van der Waals surface area contributed by atoms with Gasteiger partial charge in [0.15, 0.2) is 0 Å². The fourth-order valence-corrected chi connectivity index (χ4v) is 2.18. The Morgan fingerprint density at radius 2 is 1.38 bits per heavy atom. The van der Waals surface area contributed by atoms with E-state index in [1.807, 2.05) is 65.6 Å². The molecule has 0 spiro atoms. The van der Waals surface area contributed by atoms with Crippen LogP contribution in [0.15, 0.2) is 60.7 Å². The van der Waals surface area contributed by atoms with Gasteiger partial charge in [-0.1, -0.05) is 60.7 Å². The van der Waals surface area contributed by atoms with Gasteiger partial charge >= 0.3 is 0 Å². The molecule has 0 radical (unpaired) electrons. The molecule has 3 heteroatoms. The van der Waals surface area contributed by atoms with Gasteiger partial charge in [0.2, 0.25) is 0 Å². The molecule has 21 heavy (non-hydrogen) atoms. The van der Waals surface area contributed by atoms with Crippen molar-refractivity contribution in [1.29, 1.82) is 0 Å². The topological polar surface area (TPSA) is 29.5 Å². The summed E-state index contributed by atoms with van der Waals surface area (Å²) in [5, 5.41) is 0. The number of nitrogens with zero attached hydrogens (tertiary/aromatic N) is 1. The van der Waals surface area contributed by atoms with Crippen LogP contribution in [0.4, 0.5) is 0 Å². The Hall–Kier alpha value is -2.13. The first-order valence-corrected chi connectivity index (χ1v) is 7.10. The van der Waals surface area contributed by atoms with E-state index in [-0.39, 0.29) is 5.91 Å². The van der Waals surface area contributed by atoms with Gasteiger partial charge in [-0.2, -0.15) is 0 Å². The molecular weight excluding hydrogens is 262 g/mol. The Morgan fingerprint density at radius 1 is 0.952 bits per heavy atom. The maximum absolute atomic E-state index is 12.5. The quantitative estimate of drug-likeness (QED) is 0.814. The predicted octanol–water partition coefficient (Wildman–Crippen LogP) is 3.25. The summed E-state index contributed by atoms with van der Waals surface area (Å²) in [4.78, 5) is 14.3. The number of benzene rings is 2. The first-order chi connectivity index (χ1) is 10.2. The molecule has 0 aliphatic carbocycles. The van der Waals surface area contributed by atoms with Gasteiger partial charge in [-0.3, -0.25) is 4.79 Å². The van der Waals surface area contributed by atoms with E-state index in [0.29, 0.717) is 13.1 Å². The number of hydrogen-bond acceptors (Lipinski definition) is 2. The second-order valence-electron chi connectivity index (χ2n) is 5.04. The molecule has 0 unspecified atom stereocenters. The molecular formula is C18H21NO2. The summed E-state index contributed by atoms with van der Waals surface area (Å²) in [6, 6.07) is 20.0. The van der Waals surface area contributed by atoms with Crippen LogP contribution in [0.5, 0.6) is 0 Å². The van der Waals surface area contributed by atoms with E-state index in [1.54, 1.807) is 14.0 Å². The van der Waals surface area contributed by atoms with Crippen LogP contribution in [0.2, 0.25) is 0 Å². The Bertz CT molecular complexity index is 512. The van der Waals surface area contributed by atoms with E-state index in [1.165, 1.54) is 0 Å². The standard InChI is InChI=1S/C18H21NO2/c1-15(21-2)18(20)19(13-16-9-5-3-6-10-16)14-17-11-7-4-8-12-17/h3-12,15H,13-14H2,1-2H3/t15-/m0/s1. The summed E-state index contributed by atoms with van der Waals surface area (Å²) in [5.74, 6) is 0.00482. The zero-order valence-electron chi connectivity index (χ0n) is 12.5. The van der Waals surface area contributed by atoms with Crippen molar-refractivity contribution in [2.75, 3.05) is 7.11 Å². The number of amides is 1. The molecule has 0 aliphatic heterocycles. The highest BCUT2D eigenvalue weighted by atomic mass is 16.5. The summed E-state index contributed by atoms with van der Waals surface area (Å²) >= 11 is 0. The van der Waals surface area contributed by atoms with Crippen LogP contribution < -0.4 is 0 Å². The SMILES string of the molecule is CO[C@@H](C)C(=O)N(Cc1ccccc1)Cc1ccccc1. The highest BCUT2D eigenvalue weighted by Crippen LogP contribution is 2.12. The average Bonchev–Trinajstić information content (AvgIpc) is 2.54. The molecule has 1 amide bonds. The molecule has 0 bridgehead atoms. The van der Waals surface area contributed by atoms with Gasteiger partial charge < -0.3 is 9.64 Å². The van der Waals surface area contributed by atoms with Crippen molar-refractivity contribution < 1.29 is 9.53 Å². The Labute approximate surface area is 126 Å². The maximum atomic E-state index is 12.5. The van der Waals surface area contributed by atoms with E-state index in [4.69, 9.17) is 4.74 Å². The number of carbonyl (C=O) groups is 1. The van der Waals surface area contributed by atoms with Crippen molar-refractivity contribution in [1.82, 2.24) is 4.90 Å². The Balaban J connectivity index is 2.16. The fourth-order valence-electron chi connectivity index (χ4n) is 2.18. The average molecular weight is 283 g/mol. The van der Waals surface area contributed by atoms with Crippen molar-refractivity contribution in [2.45, 2.75) is 26.1 Å². The Kier molecular flexibility index (Phi) is 5.52. The van der Waals surface area contributed by atoms with E-state index < -0.39 is 6.10 Å². The van der Waals surface area contributed by atoms with Crippen molar-refractivity contribution in [3.63, 3.8) is 0 Å². The molecule has 0 aromatic heterocycles. The number of carbonyl (C=O) groups excluding carboxylic acids is 1. The third kappa shape index (κ3) is 4.43. The van der Waals surface area contributed by atoms with Crippen LogP contribution in [0.1, 0.15) is 18.1 Å². The van der Waals surface area contributed by atoms with Crippen LogP contribution in [0, 0.1) is 0 Å². The molecule has 0 aliphatic rings. The van der Waals surface area contributed by atoms with Crippen molar-refractivity contribution in [3.05, 3.63) is 71.8 Å². The molecule has 0 N–H and O–H groups in total. The van der Waals surface area contributed by atoms with Crippen LogP contribution in [0.25, 0.3) is 0 Å². The van der Waals surface area contributed by atoms with Gasteiger partial charge in [-0.15, -0.1) is 0 Å². The van der Waals surface area contributed by atoms with Gasteiger partial charge in [-0.05, 0) is 18.1 Å². The van der Waals surface area contributed by atoms with Crippen molar-refractivity contribution >= 4 is 5.91 Å². The summed E-state index contributed by atoms with van der Waals surface area (Å²) < 4.78 is 5.18. The molecule has 1 atom stereocenters. The second-order valence-corrected chi connectivity index (χ2v) is 5.04. The first kappa shape index (κ1) is 15.3. The molecule has 110 valence electrons. The molecule has 0 saturated heterocycles. The highest BCUT2D eigenvalue weighted by Gasteiger charge is 2.20. The molecule has 0 fully saturated rings.